The van der Waals surface area contributed by atoms with Gasteiger partial charge in [0.25, 0.3) is 0 Å². The zero-order chi connectivity index (χ0) is 15.0. The molecule has 110 valence electrons. The van der Waals surface area contributed by atoms with Crippen LogP contribution in [0.3, 0.4) is 0 Å². The molecule has 5 heteroatoms. The first-order valence-corrected chi connectivity index (χ1v) is 8.50. The van der Waals surface area contributed by atoms with Gasteiger partial charge < -0.3 is 4.90 Å². The number of rotatable bonds is 2. The van der Waals surface area contributed by atoms with E-state index >= 15 is 0 Å². The van der Waals surface area contributed by atoms with Gasteiger partial charge in [0, 0.05) is 17.3 Å². The van der Waals surface area contributed by atoms with Gasteiger partial charge in [0.1, 0.15) is 5.88 Å². The zero-order valence-corrected chi connectivity index (χ0v) is 13.9. The highest BCUT2D eigenvalue weighted by Gasteiger charge is 2.31. The first-order chi connectivity index (χ1) is 10.1. The lowest BCUT2D eigenvalue weighted by atomic mass is 9.86. The number of aryl methyl sites for hydroxylation is 1. The van der Waals surface area contributed by atoms with E-state index in [0.717, 1.165) is 9.21 Å². The van der Waals surface area contributed by atoms with Crippen LogP contribution < -0.4 is 0 Å². The first-order valence-electron chi connectivity index (χ1n) is 6.77. The molecule has 21 heavy (non-hydrogen) atoms. The third-order valence-electron chi connectivity index (χ3n) is 3.96. The Morgan fingerprint density at radius 1 is 1.38 bits per heavy atom. The van der Waals surface area contributed by atoms with Gasteiger partial charge in [-0.1, -0.05) is 35.9 Å². The molecular weight excluding hydrogens is 325 g/mol. The molecule has 0 unspecified atom stereocenters. The molecule has 1 atom stereocenters. The molecule has 0 aliphatic carbocycles. The van der Waals surface area contributed by atoms with Crippen LogP contribution in [0.1, 0.15) is 27.5 Å². The Kier molecular flexibility index (Phi) is 4.25. The van der Waals surface area contributed by atoms with E-state index in [1.807, 2.05) is 23.1 Å². The molecule has 0 N–H and O–H groups in total. The standard InChI is InChI=1S/C16H15Cl2NOS/c1-10-4-2-3-5-11(10)13-8-19(16(20)7-17)9-14-12(13)6-15(18)21-14/h2-6,13H,7-9H2,1H3/t13-/m1/s1. The second-order valence-corrected chi connectivity index (χ2v) is 7.28. The monoisotopic (exact) mass is 339 g/mol. The molecule has 1 aliphatic heterocycles. The van der Waals surface area contributed by atoms with Gasteiger partial charge in [-0.15, -0.1) is 22.9 Å². The number of amides is 1. The number of hydrogen-bond donors (Lipinski definition) is 0. The number of fused-ring (bicyclic) bond motifs is 1. The Morgan fingerprint density at radius 3 is 2.86 bits per heavy atom. The lowest BCUT2D eigenvalue weighted by molar-refractivity contribution is -0.129. The van der Waals surface area contributed by atoms with Crippen LogP contribution in [-0.4, -0.2) is 23.2 Å². The topological polar surface area (TPSA) is 20.3 Å². The second kappa shape index (κ2) is 5.99. The van der Waals surface area contributed by atoms with Crippen LogP contribution in [0.2, 0.25) is 4.34 Å². The Bertz CT molecular complexity index is 683. The van der Waals surface area contributed by atoms with Gasteiger partial charge in [0.15, 0.2) is 0 Å². The summed E-state index contributed by atoms with van der Waals surface area (Å²) in [6, 6.07) is 10.3. The fraction of sp³-hybridized carbons (Fsp3) is 0.312. The summed E-state index contributed by atoms with van der Waals surface area (Å²) in [5, 5.41) is 0. The van der Waals surface area contributed by atoms with Crippen molar-refractivity contribution in [1.29, 1.82) is 0 Å². The van der Waals surface area contributed by atoms with Crippen molar-refractivity contribution in [3.8, 4) is 0 Å². The summed E-state index contributed by atoms with van der Waals surface area (Å²) in [5.74, 6) is 0.172. The number of hydrogen-bond acceptors (Lipinski definition) is 2. The second-order valence-electron chi connectivity index (χ2n) is 5.25. The molecule has 1 aromatic heterocycles. The van der Waals surface area contributed by atoms with E-state index in [4.69, 9.17) is 23.2 Å². The van der Waals surface area contributed by atoms with Gasteiger partial charge >= 0.3 is 0 Å². The normalized spacial score (nSPS) is 17.7. The zero-order valence-electron chi connectivity index (χ0n) is 11.6. The highest BCUT2D eigenvalue weighted by Crippen LogP contribution is 2.40. The van der Waals surface area contributed by atoms with E-state index < -0.39 is 0 Å². The Balaban J connectivity index is 2.06. The Labute approximate surface area is 138 Å². The number of carbonyl (C=O) groups is 1. The lowest BCUT2D eigenvalue weighted by Gasteiger charge is -2.33. The van der Waals surface area contributed by atoms with E-state index in [2.05, 4.69) is 19.1 Å². The Hall–Kier alpha value is -1.03. The fourth-order valence-corrected chi connectivity index (χ4v) is 4.43. The van der Waals surface area contributed by atoms with Crippen molar-refractivity contribution >= 4 is 40.4 Å². The maximum Gasteiger partial charge on any atom is 0.237 e. The van der Waals surface area contributed by atoms with Crippen LogP contribution in [0.15, 0.2) is 30.3 Å². The number of carbonyl (C=O) groups excluding carboxylic acids is 1. The predicted octanol–water partition coefficient (Wildman–Crippen LogP) is 4.42. The van der Waals surface area contributed by atoms with Crippen molar-refractivity contribution in [3.05, 3.63) is 56.2 Å². The molecule has 2 nitrogen and oxygen atoms in total. The largest absolute Gasteiger partial charge is 0.336 e. The minimum absolute atomic E-state index is 0.0228. The maximum absolute atomic E-state index is 12.0. The summed E-state index contributed by atoms with van der Waals surface area (Å²) in [4.78, 5) is 15.0. The summed E-state index contributed by atoms with van der Waals surface area (Å²) in [6.07, 6.45) is 0. The van der Waals surface area contributed by atoms with Crippen molar-refractivity contribution in [1.82, 2.24) is 4.90 Å². The molecule has 0 fully saturated rings. The first kappa shape index (κ1) is 14.9. The molecule has 0 spiro atoms. The van der Waals surface area contributed by atoms with Gasteiger partial charge in [-0.25, -0.2) is 0 Å². The fourth-order valence-electron chi connectivity index (χ4n) is 2.90. The van der Waals surface area contributed by atoms with Gasteiger partial charge in [-0.05, 0) is 29.7 Å². The summed E-state index contributed by atoms with van der Waals surface area (Å²) in [6.45, 7) is 3.38. The summed E-state index contributed by atoms with van der Waals surface area (Å²) < 4.78 is 0.777. The molecule has 1 aliphatic rings. The molecule has 0 saturated carbocycles. The van der Waals surface area contributed by atoms with Crippen LogP contribution >= 0.6 is 34.5 Å². The third-order valence-corrected chi connectivity index (χ3v) is 5.45. The minimum Gasteiger partial charge on any atom is -0.336 e. The molecular formula is C16H15Cl2NOS. The van der Waals surface area contributed by atoms with E-state index in [9.17, 15) is 4.79 Å². The molecule has 1 amide bonds. The molecule has 3 rings (SSSR count). The van der Waals surface area contributed by atoms with E-state index in [1.54, 1.807) is 11.3 Å². The number of alkyl halides is 1. The van der Waals surface area contributed by atoms with Crippen molar-refractivity contribution in [2.45, 2.75) is 19.4 Å². The van der Waals surface area contributed by atoms with Crippen LogP contribution in [0.4, 0.5) is 0 Å². The number of nitrogens with zero attached hydrogens (tertiary/aromatic N) is 1. The van der Waals surface area contributed by atoms with Gasteiger partial charge in [0.05, 0.1) is 10.9 Å². The molecule has 2 aromatic rings. The van der Waals surface area contributed by atoms with Crippen molar-refractivity contribution < 1.29 is 4.79 Å². The smallest absolute Gasteiger partial charge is 0.237 e. The summed E-state index contributed by atoms with van der Waals surface area (Å²) >= 11 is 13.5. The van der Waals surface area contributed by atoms with Gasteiger partial charge in [-0.2, -0.15) is 0 Å². The van der Waals surface area contributed by atoms with Crippen LogP contribution in [0.5, 0.6) is 0 Å². The third kappa shape index (κ3) is 2.83. The molecule has 1 aromatic carbocycles. The average Bonchev–Trinajstić information content (AvgIpc) is 2.86. The van der Waals surface area contributed by atoms with Crippen molar-refractivity contribution in [3.63, 3.8) is 0 Å². The quantitative estimate of drug-likeness (QED) is 0.741. The Morgan fingerprint density at radius 2 is 2.14 bits per heavy atom. The van der Waals surface area contributed by atoms with Crippen molar-refractivity contribution in [2.24, 2.45) is 0 Å². The van der Waals surface area contributed by atoms with Crippen LogP contribution in [-0.2, 0) is 11.3 Å². The van der Waals surface area contributed by atoms with Gasteiger partial charge in [0.2, 0.25) is 5.91 Å². The summed E-state index contributed by atoms with van der Waals surface area (Å²) in [7, 11) is 0. The molecule has 0 bridgehead atoms. The minimum atomic E-state index is -0.0228. The number of halogens is 2. The molecule has 0 radical (unpaired) electrons. The summed E-state index contributed by atoms with van der Waals surface area (Å²) in [5.41, 5.74) is 3.73. The van der Waals surface area contributed by atoms with E-state index in [1.165, 1.54) is 16.7 Å². The van der Waals surface area contributed by atoms with Crippen LogP contribution in [0.25, 0.3) is 0 Å². The maximum atomic E-state index is 12.0. The van der Waals surface area contributed by atoms with Crippen molar-refractivity contribution in [2.75, 3.05) is 12.4 Å². The average molecular weight is 340 g/mol. The van der Waals surface area contributed by atoms with Gasteiger partial charge in [-0.3, -0.25) is 4.79 Å². The highest BCUT2D eigenvalue weighted by molar-refractivity contribution is 7.16. The molecule has 2 heterocycles. The predicted molar refractivity (Wildman–Crippen MR) is 88.5 cm³/mol. The highest BCUT2D eigenvalue weighted by atomic mass is 35.5. The molecule has 0 saturated heterocycles. The van der Waals surface area contributed by atoms with E-state index in [-0.39, 0.29) is 17.7 Å². The SMILES string of the molecule is Cc1ccccc1[C@H]1CN(C(=O)CCl)Cc2sc(Cl)cc21. The van der Waals surface area contributed by atoms with Crippen LogP contribution in [0, 0.1) is 6.92 Å². The lowest BCUT2D eigenvalue weighted by Crippen LogP contribution is -2.38. The number of thiophene rings is 1. The number of benzene rings is 1. The van der Waals surface area contributed by atoms with E-state index in [0.29, 0.717) is 13.1 Å².